The summed E-state index contributed by atoms with van der Waals surface area (Å²) in [4.78, 5) is 13.7. The number of nitrogens with one attached hydrogen (secondary N) is 2. The van der Waals surface area contributed by atoms with E-state index >= 15 is 0 Å². The number of hydrogen-bond donors (Lipinski definition) is 2. The maximum atomic E-state index is 13.9. The molecule has 1 unspecified atom stereocenters. The van der Waals surface area contributed by atoms with Crippen LogP contribution < -0.4 is 10.6 Å². The molecule has 5 rings (SSSR count). The molecule has 0 aromatic heterocycles. The highest BCUT2D eigenvalue weighted by Crippen LogP contribution is 2.22. The Labute approximate surface area is 309 Å². The summed E-state index contributed by atoms with van der Waals surface area (Å²) in [7, 11) is -7.60. The van der Waals surface area contributed by atoms with Gasteiger partial charge in [-0.15, -0.1) is 0 Å². The third kappa shape index (κ3) is 10.9. The standard InChI is InChI=1S/C41H48N4O5S2/c1-33-12-22-38(23-13-33)51(47,48)44-28-6-7-29-45(52(49,50)39-24-14-34(2)15-25-39)31-9-27-43-41(46)32-40(42-26-8-30-44)37-20-18-36(19-21-37)17-16-35-10-4-3-5-11-35/h3-5,10-15,18-25,40,42H,6-9,26-32H2,1-2H3,(H,43,46). The van der Waals surface area contributed by atoms with Crippen molar-refractivity contribution in [2.24, 2.45) is 0 Å². The molecule has 4 aromatic rings. The van der Waals surface area contributed by atoms with Gasteiger partial charge in [0.05, 0.1) is 9.79 Å². The summed E-state index contributed by atoms with van der Waals surface area (Å²) in [6.07, 6.45) is 2.06. The van der Waals surface area contributed by atoms with Gasteiger partial charge in [-0.1, -0.05) is 77.6 Å². The Morgan fingerprint density at radius 3 is 1.56 bits per heavy atom. The normalized spacial score (nSPS) is 18.0. The molecule has 0 bridgehead atoms. The van der Waals surface area contributed by atoms with Crippen molar-refractivity contribution in [2.45, 2.75) is 61.8 Å². The second kappa shape index (κ2) is 18.4. The number of carbonyl (C=O) groups is 1. The Kier molecular flexibility index (Phi) is 13.8. The lowest BCUT2D eigenvalue weighted by molar-refractivity contribution is -0.121. The maximum absolute atomic E-state index is 13.9. The molecule has 0 radical (unpaired) electrons. The van der Waals surface area contributed by atoms with Gasteiger partial charge in [-0.05, 0) is 100 Å². The highest BCUT2D eigenvalue weighted by molar-refractivity contribution is 7.89. The van der Waals surface area contributed by atoms with Crippen molar-refractivity contribution in [2.75, 3.05) is 39.3 Å². The van der Waals surface area contributed by atoms with Crippen molar-refractivity contribution < 1.29 is 21.6 Å². The van der Waals surface area contributed by atoms with E-state index in [0.29, 0.717) is 38.8 Å². The van der Waals surface area contributed by atoms with Crippen molar-refractivity contribution in [3.8, 4) is 11.8 Å². The Balaban J connectivity index is 1.36. The summed E-state index contributed by atoms with van der Waals surface area (Å²) >= 11 is 0. The Morgan fingerprint density at radius 1 is 0.577 bits per heavy atom. The van der Waals surface area contributed by atoms with Crippen LogP contribution in [0.25, 0.3) is 0 Å². The van der Waals surface area contributed by atoms with Crippen LogP contribution in [0.5, 0.6) is 0 Å². The zero-order chi connectivity index (χ0) is 37.0. The lowest BCUT2D eigenvalue weighted by atomic mass is 10.0. The van der Waals surface area contributed by atoms with E-state index < -0.39 is 20.0 Å². The maximum Gasteiger partial charge on any atom is 0.243 e. The van der Waals surface area contributed by atoms with Crippen LogP contribution in [0.2, 0.25) is 0 Å². The van der Waals surface area contributed by atoms with Gasteiger partial charge >= 0.3 is 0 Å². The fourth-order valence-corrected chi connectivity index (χ4v) is 9.08. The summed E-state index contributed by atoms with van der Waals surface area (Å²) in [6, 6.07) is 30.8. The fourth-order valence-electron chi connectivity index (χ4n) is 6.04. The minimum absolute atomic E-state index is 0.159. The first-order chi connectivity index (χ1) is 25.0. The quantitative estimate of drug-likeness (QED) is 0.250. The zero-order valence-electron chi connectivity index (χ0n) is 29.9. The third-order valence-electron chi connectivity index (χ3n) is 9.09. The van der Waals surface area contributed by atoms with Crippen molar-refractivity contribution in [3.05, 3.63) is 131 Å². The number of rotatable bonds is 5. The van der Waals surface area contributed by atoms with E-state index in [1.807, 2.05) is 68.4 Å². The Hall–Kier alpha value is -4.31. The summed E-state index contributed by atoms with van der Waals surface area (Å²) < 4.78 is 58.1. The monoisotopic (exact) mass is 740 g/mol. The number of hydrogen-bond acceptors (Lipinski definition) is 6. The first-order valence-corrected chi connectivity index (χ1v) is 20.7. The van der Waals surface area contributed by atoms with E-state index in [1.165, 1.54) is 8.61 Å². The number of amides is 1. The molecule has 52 heavy (non-hydrogen) atoms. The molecule has 0 saturated carbocycles. The van der Waals surface area contributed by atoms with E-state index in [2.05, 4.69) is 22.5 Å². The molecule has 4 aromatic carbocycles. The molecule has 2 N–H and O–H groups in total. The molecule has 274 valence electrons. The van der Waals surface area contributed by atoms with E-state index in [4.69, 9.17) is 0 Å². The predicted molar refractivity (Wildman–Crippen MR) is 206 cm³/mol. The first kappa shape index (κ1) is 38.9. The van der Waals surface area contributed by atoms with E-state index in [-0.39, 0.29) is 54.3 Å². The molecule has 1 atom stereocenters. The average Bonchev–Trinajstić information content (AvgIpc) is 3.14. The first-order valence-electron chi connectivity index (χ1n) is 17.8. The van der Waals surface area contributed by atoms with Gasteiger partial charge in [0.1, 0.15) is 0 Å². The summed E-state index contributed by atoms with van der Waals surface area (Å²) in [5, 5.41) is 6.48. The highest BCUT2D eigenvalue weighted by atomic mass is 32.2. The minimum Gasteiger partial charge on any atom is -0.356 e. The van der Waals surface area contributed by atoms with Gasteiger partial charge in [-0.2, -0.15) is 8.61 Å². The minimum atomic E-state index is -3.80. The number of sulfonamides is 2. The van der Waals surface area contributed by atoms with Crippen LogP contribution in [0, 0.1) is 25.7 Å². The van der Waals surface area contributed by atoms with Crippen molar-refractivity contribution in [3.63, 3.8) is 0 Å². The molecule has 1 aliphatic rings. The molecule has 9 nitrogen and oxygen atoms in total. The molecule has 0 aliphatic carbocycles. The van der Waals surface area contributed by atoms with Crippen LogP contribution in [-0.2, 0) is 24.8 Å². The molecule has 1 aliphatic heterocycles. The molecule has 1 saturated heterocycles. The van der Waals surface area contributed by atoms with Gasteiger partial charge in [0.15, 0.2) is 0 Å². The highest BCUT2D eigenvalue weighted by Gasteiger charge is 2.27. The zero-order valence-corrected chi connectivity index (χ0v) is 31.6. The predicted octanol–water partition coefficient (Wildman–Crippen LogP) is 5.80. The van der Waals surface area contributed by atoms with Gasteiger partial charge in [0.2, 0.25) is 26.0 Å². The summed E-state index contributed by atoms with van der Waals surface area (Å²) in [5.41, 5.74) is 4.61. The van der Waals surface area contributed by atoms with Crippen LogP contribution >= 0.6 is 0 Å². The molecule has 0 spiro atoms. The number of aryl methyl sites for hydroxylation is 2. The number of benzene rings is 4. The molecule has 1 heterocycles. The van der Waals surface area contributed by atoms with Gasteiger partial charge in [0.25, 0.3) is 0 Å². The van der Waals surface area contributed by atoms with Gasteiger partial charge < -0.3 is 10.6 Å². The Morgan fingerprint density at radius 2 is 1.04 bits per heavy atom. The smallest absolute Gasteiger partial charge is 0.243 e. The molecular weight excluding hydrogens is 693 g/mol. The van der Waals surface area contributed by atoms with Crippen molar-refractivity contribution in [1.29, 1.82) is 0 Å². The topological polar surface area (TPSA) is 116 Å². The van der Waals surface area contributed by atoms with Crippen LogP contribution in [-0.4, -0.2) is 70.6 Å². The van der Waals surface area contributed by atoms with Crippen molar-refractivity contribution >= 4 is 26.0 Å². The van der Waals surface area contributed by atoms with Gasteiger partial charge in [-0.25, -0.2) is 16.8 Å². The van der Waals surface area contributed by atoms with Gasteiger partial charge in [0, 0.05) is 56.3 Å². The van der Waals surface area contributed by atoms with Crippen LogP contribution in [0.3, 0.4) is 0 Å². The second-order valence-corrected chi connectivity index (χ2v) is 17.0. The molecule has 11 heteroatoms. The molecule has 1 fully saturated rings. The number of nitrogens with zero attached hydrogens (tertiary/aromatic N) is 2. The van der Waals surface area contributed by atoms with E-state index in [0.717, 1.165) is 27.8 Å². The largest absolute Gasteiger partial charge is 0.356 e. The summed E-state index contributed by atoms with van der Waals surface area (Å²) in [6.45, 7) is 5.59. The molecule has 1 amide bonds. The summed E-state index contributed by atoms with van der Waals surface area (Å²) in [5.74, 6) is 6.20. The van der Waals surface area contributed by atoms with Crippen LogP contribution in [0.1, 0.15) is 66.0 Å². The van der Waals surface area contributed by atoms with Gasteiger partial charge in [-0.3, -0.25) is 4.79 Å². The second-order valence-electron chi connectivity index (χ2n) is 13.1. The van der Waals surface area contributed by atoms with E-state index in [1.54, 1.807) is 48.5 Å². The van der Waals surface area contributed by atoms with E-state index in [9.17, 15) is 21.6 Å². The number of carbonyl (C=O) groups excluding carboxylic acids is 1. The Bertz CT molecular complexity index is 2040. The lowest BCUT2D eigenvalue weighted by Crippen LogP contribution is -2.36. The van der Waals surface area contributed by atoms with Crippen LogP contribution in [0.15, 0.2) is 113 Å². The average molecular weight is 741 g/mol. The van der Waals surface area contributed by atoms with Crippen LogP contribution in [0.4, 0.5) is 0 Å². The fraction of sp³-hybridized carbons (Fsp3) is 0.341. The lowest BCUT2D eigenvalue weighted by Gasteiger charge is -2.25. The van der Waals surface area contributed by atoms with Crippen molar-refractivity contribution in [1.82, 2.24) is 19.2 Å². The SMILES string of the molecule is Cc1ccc(S(=O)(=O)N2CCCCN(S(=O)(=O)c3ccc(C)cc3)CCCNC(c3ccc(C#Cc4ccccc4)cc3)CC(=O)NCCC2)cc1. The third-order valence-corrected chi connectivity index (χ3v) is 12.9. The molecular formula is C41H48N4O5S2.